The van der Waals surface area contributed by atoms with Gasteiger partial charge in [0, 0.05) is 57.1 Å². The highest BCUT2D eigenvalue weighted by molar-refractivity contribution is 6.05. The molecule has 1 atom stereocenters. The average molecular weight is 595 g/mol. The van der Waals surface area contributed by atoms with E-state index >= 15 is 0 Å². The monoisotopic (exact) mass is 594 g/mol. The Morgan fingerprint density at radius 3 is 2.15 bits per heavy atom. The number of anilines is 1. The van der Waals surface area contributed by atoms with Gasteiger partial charge in [-0.05, 0) is 81.7 Å². The molecule has 10 nitrogen and oxygen atoms in total. The first-order valence-electron chi connectivity index (χ1n) is 14.9. The molecule has 4 N–H and O–H groups in total. The molecule has 2 aliphatic heterocycles. The topological polar surface area (TPSA) is 140 Å². The number of carbonyl (C=O) groups is 4. The van der Waals surface area contributed by atoms with Crippen molar-refractivity contribution in [2.24, 2.45) is 5.73 Å². The summed E-state index contributed by atoms with van der Waals surface area (Å²) < 4.78 is 11.4. The fourth-order valence-corrected chi connectivity index (χ4v) is 5.03. The van der Waals surface area contributed by atoms with Gasteiger partial charge in [-0.15, -0.1) is 12.4 Å². The van der Waals surface area contributed by atoms with Gasteiger partial charge in [0.05, 0.1) is 0 Å². The van der Waals surface area contributed by atoms with Crippen molar-refractivity contribution in [1.82, 2.24) is 10.2 Å². The van der Waals surface area contributed by atoms with Crippen LogP contribution in [0.3, 0.4) is 0 Å². The van der Waals surface area contributed by atoms with Crippen molar-refractivity contribution in [2.45, 2.75) is 96.1 Å². The molecule has 41 heavy (non-hydrogen) atoms. The fourth-order valence-electron chi connectivity index (χ4n) is 5.03. The van der Waals surface area contributed by atoms with Crippen LogP contribution < -0.4 is 16.4 Å². The molecular weight excluding hydrogens is 548 g/mol. The number of carbonyl (C=O) groups excluding carboxylic acids is 4. The average Bonchev–Trinajstić information content (AvgIpc) is 3.25. The maximum atomic E-state index is 12.8. The van der Waals surface area contributed by atoms with Crippen LogP contribution in [-0.4, -0.2) is 67.5 Å². The molecule has 0 aliphatic carbocycles. The molecule has 1 aromatic rings. The first kappa shape index (κ1) is 34.7. The number of ether oxygens (including phenoxy) is 2. The number of amides is 4. The summed E-state index contributed by atoms with van der Waals surface area (Å²) in [5.74, 6) is -1.03. The lowest BCUT2D eigenvalue weighted by Crippen LogP contribution is -2.52. The third kappa shape index (κ3) is 12.1. The van der Waals surface area contributed by atoms with Gasteiger partial charge < -0.3 is 25.4 Å². The Morgan fingerprint density at radius 1 is 0.902 bits per heavy atom. The van der Waals surface area contributed by atoms with Gasteiger partial charge in [-0.1, -0.05) is 19.3 Å². The minimum atomic E-state index is -0.647. The molecule has 2 aliphatic rings. The fraction of sp³-hybridized carbons (Fsp3) is 0.667. The summed E-state index contributed by atoms with van der Waals surface area (Å²) in [5, 5.41) is 5.22. The SMILES string of the molecule is Cl.NCCCCCCOCCCCCOCCCCCC(=O)Nc1ccc2c(c1)CN(C1CCC(=O)NC1=O)C2=O. The number of nitrogens with one attached hydrogen (secondary N) is 2. The van der Waals surface area contributed by atoms with Crippen molar-refractivity contribution in [3.8, 4) is 0 Å². The van der Waals surface area contributed by atoms with Crippen LogP contribution >= 0.6 is 12.4 Å². The van der Waals surface area contributed by atoms with Crippen LogP contribution in [0.2, 0.25) is 0 Å². The minimum absolute atomic E-state index is 0. The maximum Gasteiger partial charge on any atom is 0.255 e. The third-order valence-electron chi connectivity index (χ3n) is 7.32. The molecule has 4 amide bonds. The number of hydrogen-bond donors (Lipinski definition) is 3. The van der Waals surface area contributed by atoms with Crippen molar-refractivity contribution in [3.05, 3.63) is 29.3 Å². The Kier molecular flexibility index (Phi) is 16.5. The lowest BCUT2D eigenvalue weighted by atomic mass is 10.0. The predicted molar refractivity (Wildman–Crippen MR) is 160 cm³/mol. The van der Waals surface area contributed by atoms with E-state index in [0.717, 1.165) is 83.3 Å². The van der Waals surface area contributed by atoms with Crippen LogP contribution in [0.25, 0.3) is 0 Å². The van der Waals surface area contributed by atoms with Gasteiger partial charge in [0.15, 0.2) is 0 Å². The number of unbranched alkanes of at least 4 members (excludes halogenated alkanes) is 7. The van der Waals surface area contributed by atoms with Gasteiger partial charge in [0.2, 0.25) is 17.7 Å². The second-order valence-electron chi connectivity index (χ2n) is 10.6. The molecule has 2 heterocycles. The molecule has 0 bridgehead atoms. The summed E-state index contributed by atoms with van der Waals surface area (Å²) in [4.78, 5) is 50.3. The number of benzene rings is 1. The molecule has 1 unspecified atom stereocenters. The van der Waals surface area contributed by atoms with Crippen LogP contribution in [0.5, 0.6) is 0 Å². The first-order valence-corrected chi connectivity index (χ1v) is 14.9. The Hall–Kier alpha value is -2.53. The zero-order valence-corrected chi connectivity index (χ0v) is 24.9. The van der Waals surface area contributed by atoms with Gasteiger partial charge in [-0.3, -0.25) is 24.5 Å². The smallest absolute Gasteiger partial charge is 0.255 e. The van der Waals surface area contributed by atoms with Gasteiger partial charge in [0.1, 0.15) is 6.04 Å². The van der Waals surface area contributed by atoms with Gasteiger partial charge in [0.25, 0.3) is 5.91 Å². The Morgan fingerprint density at radius 2 is 1.51 bits per heavy atom. The van der Waals surface area contributed by atoms with Crippen LogP contribution in [0, 0.1) is 0 Å². The van der Waals surface area contributed by atoms with E-state index in [1.165, 1.54) is 17.7 Å². The molecular formula is C30H47ClN4O6. The molecule has 0 spiro atoms. The van der Waals surface area contributed by atoms with E-state index in [1.807, 2.05) is 0 Å². The van der Waals surface area contributed by atoms with E-state index in [-0.39, 0.29) is 43.1 Å². The Labute approximate surface area is 249 Å². The Bertz CT molecular complexity index is 992. The quantitative estimate of drug-likeness (QED) is 0.153. The molecule has 1 saturated heterocycles. The molecule has 230 valence electrons. The van der Waals surface area contributed by atoms with E-state index in [9.17, 15) is 19.2 Å². The van der Waals surface area contributed by atoms with Crippen molar-refractivity contribution in [1.29, 1.82) is 0 Å². The van der Waals surface area contributed by atoms with Crippen molar-refractivity contribution < 1.29 is 28.7 Å². The number of fused-ring (bicyclic) bond motifs is 1. The lowest BCUT2D eigenvalue weighted by molar-refractivity contribution is -0.137. The standard InChI is InChI=1S/C30H46N4O6.ClH/c31-16-6-1-2-7-17-39-19-9-4-10-20-40-18-8-3-5-11-27(35)32-24-12-13-25-23(21-24)22-34(30(25)38)26-14-15-28(36)33-29(26)37;/h12-13,21,26H,1-11,14-20,22,31H2,(H,32,35)(H,33,36,37);1H. The highest BCUT2D eigenvalue weighted by Crippen LogP contribution is 2.29. The predicted octanol–water partition coefficient (Wildman–Crippen LogP) is 4.09. The lowest BCUT2D eigenvalue weighted by Gasteiger charge is -2.29. The number of halogens is 1. The van der Waals surface area contributed by atoms with Gasteiger partial charge in [-0.2, -0.15) is 0 Å². The molecule has 3 rings (SSSR count). The summed E-state index contributed by atoms with van der Waals surface area (Å²) >= 11 is 0. The van der Waals surface area contributed by atoms with Crippen LogP contribution in [0.15, 0.2) is 18.2 Å². The van der Waals surface area contributed by atoms with Crippen molar-refractivity contribution in [3.63, 3.8) is 0 Å². The van der Waals surface area contributed by atoms with Crippen molar-refractivity contribution >= 4 is 41.7 Å². The van der Waals surface area contributed by atoms with E-state index in [2.05, 4.69) is 10.6 Å². The number of hydrogen-bond acceptors (Lipinski definition) is 7. The molecule has 0 aromatic heterocycles. The summed E-state index contributed by atoms with van der Waals surface area (Å²) in [6, 6.07) is 4.55. The zero-order valence-electron chi connectivity index (χ0n) is 24.1. The van der Waals surface area contributed by atoms with Crippen LogP contribution in [0.4, 0.5) is 5.69 Å². The summed E-state index contributed by atoms with van der Waals surface area (Å²) in [5.41, 5.74) is 7.42. The van der Waals surface area contributed by atoms with Crippen LogP contribution in [0.1, 0.15) is 99.4 Å². The molecule has 11 heteroatoms. The molecule has 0 radical (unpaired) electrons. The van der Waals surface area contributed by atoms with E-state index in [1.54, 1.807) is 18.2 Å². The number of nitrogens with zero attached hydrogens (tertiary/aromatic N) is 1. The van der Waals surface area contributed by atoms with Gasteiger partial charge >= 0.3 is 0 Å². The number of rotatable bonds is 20. The third-order valence-corrected chi connectivity index (χ3v) is 7.32. The number of imide groups is 1. The van der Waals surface area contributed by atoms with Gasteiger partial charge in [-0.25, -0.2) is 0 Å². The first-order chi connectivity index (χ1) is 19.5. The largest absolute Gasteiger partial charge is 0.381 e. The molecule has 0 saturated carbocycles. The zero-order chi connectivity index (χ0) is 28.6. The van der Waals surface area contributed by atoms with Crippen LogP contribution in [-0.2, 0) is 30.4 Å². The Balaban J connectivity index is 0.00000588. The second kappa shape index (κ2) is 19.6. The van der Waals surface area contributed by atoms with Crippen molar-refractivity contribution in [2.75, 3.05) is 38.3 Å². The van der Waals surface area contributed by atoms with E-state index in [4.69, 9.17) is 15.2 Å². The van der Waals surface area contributed by atoms with E-state index < -0.39 is 11.9 Å². The normalized spacial score (nSPS) is 16.4. The highest BCUT2D eigenvalue weighted by Gasteiger charge is 2.39. The highest BCUT2D eigenvalue weighted by atomic mass is 35.5. The molecule has 1 fully saturated rings. The maximum absolute atomic E-state index is 12.8. The van der Waals surface area contributed by atoms with E-state index in [0.29, 0.717) is 30.7 Å². The summed E-state index contributed by atoms with van der Waals surface area (Å²) in [6.45, 7) is 4.21. The minimum Gasteiger partial charge on any atom is -0.381 e. The molecule has 1 aromatic carbocycles. The number of piperidine rings is 1. The number of nitrogens with two attached hydrogens (primary N) is 1. The summed E-state index contributed by atoms with van der Waals surface area (Å²) in [6.07, 6.45) is 11.4. The second-order valence-corrected chi connectivity index (χ2v) is 10.6. The summed E-state index contributed by atoms with van der Waals surface area (Å²) in [7, 11) is 0.